The molecule has 1 atom stereocenters. The number of benzene rings is 1. The molecule has 8 heteroatoms. The number of fused-ring (bicyclic) bond motifs is 1. The molecule has 1 aromatic rings. The van der Waals surface area contributed by atoms with Crippen molar-refractivity contribution < 1.29 is 28.3 Å². The largest absolute Gasteiger partial charge is 0.380 e. The van der Waals surface area contributed by atoms with Gasteiger partial charge in [0.25, 0.3) is 11.8 Å². The Balaban J connectivity index is 1.97. The number of amides is 4. The maximum Gasteiger partial charge on any atom is 0.262 e. The predicted octanol–water partition coefficient (Wildman–Crippen LogP) is 0.373. The van der Waals surface area contributed by atoms with Crippen LogP contribution in [0.2, 0.25) is 0 Å². The van der Waals surface area contributed by atoms with Crippen molar-refractivity contribution in [2.75, 3.05) is 7.11 Å². The van der Waals surface area contributed by atoms with E-state index in [2.05, 4.69) is 5.32 Å². The van der Waals surface area contributed by atoms with Crippen molar-refractivity contribution >= 4 is 23.6 Å². The molecule has 1 saturated heterocycles. The fourth-order valence-electron chi connectivity index (χ4n) is 2.80. The molecule has 0 spiro atoms. The van der Waals surface area contributed by atoms with Gasteiger partial charge in [-0.25, -0.2) is 4.39 Å². The SMILES string of the molecule is COCc1cc2c(cc1F)C(=O)N([C@@H]1CCC(=O)NC1=O)C2=O. The summed E-state index contributed by atoms with van der Waals surface area (Å²) >= 11 is 0. The fourth-order valence-corrected chi connectivity index (χ4v) is 2.80. The van der Waals surface area contributed by atoms with E-state index in [0.717, 1.165) is 11.0 Å². The van der Waals surface area contributed by atoms with Crippen molar-refractivity contribution in [3.05, 3.63) is 34.6 Å². The number of nitrogens with one attached hydrogen (secondary N) is 1. The molecule has 7 nitrogen and oxygen atoms in total. The number of piperidine rings is 1. The number of halogens is 1. The molecule has 2 aliphatic rings. The number of hydrogen-bond donors (Lipinski definition) is 1. The lowest BCUT2D eigenvalue weighted by Crippen LogP contribution is -2.54. The smallest absolute Gasteiger partial charge is 0.262 e. The number of rotatable bonds is 3. The molecule has 23 heavy (non-hydrogen) atoms. The lowest BCUT2D eigenvalue weighted by atomic mass is 10.0. The maximum absolute atomic E-state index is 13.9. The average Bonchev–Trinajstić information content (AvgIpc) is 2.72. The molecule has 1 aromatic carbocycles. The molecule has 1 fully saturated rings. The second-order valence-corrected chi connectivity index (χ2v) is 5.37. The van der Waals surface area contributed by atoms with Gasteiger partial charge >= 0.3 is 0 Å². The Kier molecular flexibility index (Phi) is 3.69. The summed E-state index contributed by atoms with van der Waals surface area (Å²) in [6, 6.07) is 1.19. The monoisotopic (exact) mass is 320 g/mol. The lowest BCUT2D eigenvalue weighted by molar-refractivity contribution is -0.136. The molecule has 0 saturated carbocycles. The first kappa shape index (κ1) is 15.3. The summed E-state index contributed by atoms with van der Waals surface area (Å²) in [6.07, 6.45) is 0.0939. The first-order chi connectivity index (χ1) is 10.9. The van der Waals surface area contributed by atoms with Gasteiger partial charge in [0.1, 0.15) is 11.9 Å². The number of nitrogens with zero attached hydrogens (tertiary/aromatic N) is 1. The van der Waals surface area contributed by atoms with Crippen LogP contribution in [0.1, 0.15) is 39.1 Å². The summed E-state index contributed by atoms with van der Waals surface area (Å²) in [5.41, 5.74) is 0.0997. The summed E-state index contributed by atoms with van der Waals surface area (Å²) in [7, 11) is 1.38. The van der Waals surface area contributed by atoms with Crippen molar-refractivity contribution in [2.24, 2.45) is 0 Å². The van der Waals surface area contributed by atoms with Gasteiger partial charge in [-0.1, -0.05) is 0 Å². The molecule has 4 amide bonds. The van der Waals surface area contributed by atoms with Crippen LogP contribution in [0.4, 0.5) is 4.39 Å². The van der Waals surface area contributed by atoms with Gasteiger partial charge < -0.3 is 4.74 Å². The fraction of sp³-hybridized carbons (Fsp3) is 0.333. The molecule has 120 valence electrons. The van der Waals surface area contributed by atoms with E-state index >= 15 is 0 Å². The maximum atomic E-state index is 13.9. The van der Waals surface area contributed by atoms with E-state index in [9.17, 15) is 23.6 Å². The Morgan fingerprint density at radius 3 is 2.48 bits per heavy atom. The van der Waals surface area contributed by atoms with Crippen molar-refractivity contribution in [1.82, 2.24) is 10.2 Å². The van der Waals surface area contributed by atoms with Crippen LogP contribution in [0.15, 0.2) is 12.1 Å². The Hall–Kier alpha value is -2.61. The zero-order valence-corrected chi connectivity index (χ0v) is 12.2. The van der Waals surface area contributed by atoms with E-state index < -0.39 is 35.5 Å². The molecule has 1 N–H and O–H groups in total. The van der Waals surface area contributed by atoms with Crippen LogP contribution in [-0.4, -0.2) is 41.7 Å². The van der Waals surface area contributed by atoms with E-state index in [1.807, 2.05) is 0 Å². The Labute approximate surface area is 130 Å². The highest BCUT2D eigenvalue weighted by Gasteiger charge is 2.45. The molecule has 0 aromatic heterocycles. The number of methoxy groups -OCH3 is 1. The van der Waals surface area contributed by atoms with E-state index in [4.69, 9.17) is 4.74 Å². The third kappa shape index (κ3) is 2.40. The highest BCUT2D eigenvalue weighted by atomic mass is 19.1. The van der Waals surface area contributed by atoms with Crippen LogP contribution in [-0.2, 0) is 20.9 Å². The number of carbonyl (C=O) groups is 4. The van der Waals surface area contributed by atoms with Gasteiger partial charge in [0.15, 0.2) is 0 Å². The van der Waals surface area contributed by atoms with Crippen LogP contribution in [0.5, 0.6) is 0 Å². The zero-order chi connectivity index (χ0) is 16.7. The van der Waals surface area contributed by atoms with Gasteiger partial charge in [0.05, 0.1) is 17.7 Å². The molecule has 0 aliphatic carbocycles. The van der Waals surface area contributed by atoms with Crippen molar-refractivity contribution in [2.45, 2.75) is 25.5 Å². The molecular formula is C15H13FN2O5. The summed E-state index contributed by atoms with van der Waals surface area (Å²) < 4.78 is 18.8. The quantitative estimate of drug-likeness (QED) is 0.813. The van der Waals surface area contributed by atoms with Crippen LogP contribution in [0.3, 0.4) is 0 Å². The first-order valence-electron chi connectivity index (χ1n) is 6.97. The highest BCUT2D eigenvalue weighted by Crippen LogP contribution is 2.29. The molecule has 0 unspecified atom stereocenters. The summed E-state index contributed by atoms with van der Waals surface area (Å²) in [5, 5.41) is 2.10. The minimum atomic E-state index is -1.06. The first-order valence-corrected chi connectivity index (χ1v) is 6.97. The topological polar surface area (TPSA) is 92.8 Å². The van der Waals surface area contributed by atoms with Gasteiger partial charge in [0, 0.05) is 19.1 Å². The number of hydrogen-bond acceptors (Lipinski definition) is 5. The van der Waals surface area contributed by atoms with Crippen molar-refractivity contribution in [1.29, 1.82) is 0 Å². The van der Waals surface area contributed by atoms with Gasteiger partial charge in [-0.2, -0.15) is 0 Å². The molecule has 3 rings (SSSR count). The number of ether oxygens (including phenoxy) is 1. The van der Waals surface area contributed by atoms with Gasteiger partial charge in [-0.3, -0.25) is 29.4 Å². The standard InChI is InChI=1S/C15H13FN2O5/c1-23-6-7-4-8-9(5-10(7)16)15(22)18(14(8)21)11-2-3-12(19)17-13(11)20/h4-5,11H,2-3,6H2,1H3,(H,17,19,20)/t11-/m1/s1. The molecule has 2 aliphatic heterocycles. The Morgan fingerprint density at radius 2 is 1.87 bits per heavy atom. The Morgan fingerprint density at radius 1 is 1.22 bits per heavy atom. The minimum absolute atomic E-state index is 0.0348. The third-order valence-electron chi connectivity index (χ3n) is 3.91. The summed E-state index contributed by atoms with van der Waals surface area (Å²) in [6.45, 7) is -0.0427. The van der Waals surface area contributed by atoms with E-state index in [1.54, 1.807) is 0 Å². The number of imide groups is 2. The predicted molar refractivity (Wildman–Crippen MR) is 73.8 cm³/mol. The van der Waals surface area contributed by atoms with Crippen LogP contribution in [0.25, 0.3) is 0 Å². The van der Waals surface area contributed by atoms with Gasteiger partial charge in [0.2, 0.25) is 11.8 Å². The van der Waals surface area contributed by atoms with E-state index in [1.165, 1.54) is 13.2 Å². The third-order valence-corrected chi connectivity index (χ3v) is 3.91. The van der Waals surface area contributed by atoms with Crippen LogP contribution >= 0.6 is 0 Å². The number of carbonyl (C=O) groups excluding carboxylic acids is 4. The lowest BCUT2D eigenvalue weighted by Gasteiger charge is -2.27. The normalized spacial score (nSPS) is 20.8. The van der Waals surface area contributed by atoms with Gasteiger partial charge in [-0.15, -0.1) is 0 Å². The Bertz CT molecular complexity index is 746. The van der Waals surface area contributed by atoms with E-state index in [0.29, 0.717) is 0 Å². The summed E-state index contributed by atoms with van der Waals surface area (Å²) in [5.74, 6) is -3.21. The molecule has 2 heterocycles. The van der Waals surface area contributed by atoms with Crippen LogP contribution < -0.4 is 5.32 Å². The molecule has 0 bridgehead atoms. The second kappa shape index (κ2) is 5.54. The molecular weight excluding hydrogens is 307 g/mol. The second-order valence-electron chi connectivity index (χ2n) is 5.37. The highest BCUT2D eigenvalue weighted by molar-refractivity contribution is 6.23. The summed E-state index contributed by atoms with van der Waals surface area (Å²) in [4.78, 5) is 48.8. The van der Waals surface area contributed by atoms with Crippen molar-refractivity contribution in [3.8, 4) is 0 Å². The van der Waals surface area contributed by atoms with Crippen LogP contribution in [0, 0.1) is 5.82 Å². The van der Waals surface area contributed by atoms with E-state index in [-0.39, 0.29) is 36.1 Å². The zero-order valence-electron chi connectivity index (χ0n) is 12.2. The van der Waals surface area contributed by atoms with Crippen molar-refractivity contribution in [3.63, 3.8) is 0 Å². The molecule has 0 radical (unpaired) electrons. The van der Waals surface area contributed by atoms with Gasteiger partial charge in [-0.05, 0) is 18.6 Å². The average molecular weight is 320 g/mol. The minimum Gasteiger partial charge on any atom is -0.380 e.